The van der Waals surface area contributed by atoms with Gasteiger partial charge in [-0.2, -0.15) is 10.4 Å². The van der Waals surface area contributed by atoms with Crippen molar-refractivity contribution in [2.24, 2.45) is 0 Å². The molecule has 2 rings (SSSR count). The highest BCUT2D eigenvalue weighted by molar-refractivity contribution is 5.30. The quantitative estimate of drug-likeness (QED) is 0.840. The summed E-state index contributed by atoms with van der Waals surface area (Å²) in [6.45, 7) is 4.60. The lowest BCUT2D eigenvalue weighted by molar-refractivity contribution is 0.574. The van der Waals surface area contributed by atoms with Gasteiger partial charge in [-0.3, -0.25) is 4.79 Å². The molecular weight excluding hydrogens is 238 g/mol. The predicted octanol–water partition coefficient (Wildman–Crippen LogP) is 1.97. The molecule has 0 N–H and O–H groups in total. The van der Waals surface area contributed by atoms with Gasteiger partial charge in [0, 0.05) is 12.6 Å². The summed E-state index contributed by atoms with van der Waals surface area (Å²) in [5.74, 6) is 0. The minimum absolute atomic E-state index is 0.177. The van der Waals surface area contributed by atoms with Crippen molar-refractivity contribution in [2.75, 3.05) is 0 Å². The first-order valence-corrected chi connectivity index (χ1v) is 6.14. The molecule has 1 heterocycles. The summed E-state index contributed by atoms with van der Waals surface area (Å²) in [7, 11) is 0. The first kappa shape index (κ1) is 13.0. The summed E-state index contributed by atoms with van der Waals surface area (Å²) >= 11 is 0. The molecule has 2 aromatic rings. The molecular formula is C15H15N3O. The van der Waals surface area contributed by atoms with Crippen LogP contribution in [0.15, 0.2) is 35.1 Å². The Morgan fingerprint density at radius 3 is 2.74 bits per heavy atom. The molecule has 0 saturated heterocycles. The maximum atomic E-state index is 11.6. The van der Waals surface area contributed by atoms with Gasteiger partial charge in [-0.1, -0.05) is 23.8 Å². The maximum Gasteiger partial charge on any atom is 0.266 e. The summed E-state index contributed by atoms with van der Waals surface area (Å²) in [4.78, 5) is 11.6. The van der Waals surface area contributed by atoms with E-state index in [0.29, 0.717) is 6.54 Å². The average molecular weight is 253 g/mol. The molecule has 0 radical (unpaired) electrons. The Bertz CT molecular complexity index is 695. The van der Waals surface area contributed by atoms with Crippen LogP contribution in [0.4, 0.5) is 0 Å². The van der Waals surface area contributed by atoms with Crippen LogP contribution in [0.3, 0.4) is 0 Å². The Morgan fingerprint density at radius 2 is 2.05 bits per heavy atom. The molecule has 96 valence electrons. The summed E-state index contributed by atoms with van der Waals surface area (Å²) in [6, 6.07) is 11.0. The molecule has 19 heavy (non-hydrogen) atoms. The second-order valence-electron chi connectivity index (χ2n) is 4.57. The lowest BCUT2D eigenvalue weighted by atomic mass is 10.0. The Labute approximate surface area is 111 Å². The van der Waals surface area contributed by atoms with E-state index in [1.54, 1.807) is 0 Å². The van der Waals surface area contributed by atoms with Crippen molar-refractivity contribution < 1.29 is 0 Å². The molecule has 4 nitrogen and oxygen atoms in total. The van der Waals surface area contributed by atoms with Crippen molar-refractivity contribution in [2.45, 2.75) is 26.8 Å². The first-order valence-electron chi connectivity index (χ1n) is 6.14. The number of hydrogen-bond donors (Lipinski definition) is 0. The molecule has 0 aliphatic rings. The summed E-state index contributed by atoms with van der Waals surface area (Å²) in [5, 5.41) is 12.8. The van der Waals surface area contributed by atoms with E-state index in [-0.39, 0.29) is 11.3 Å². The van der Waals surface area contributed by atoms with Crippen LogP contribution in [0.1, 0.15) is 22.4 Å². The molecule has 0 bridgehead atoms. The topological polar surface area (TPSA) is 58.7 Å². The highest BCUT2D eigenvalue weighted by Gasteiger charge is 2.03. The zero-order valence-corrected chi connectivity index (χ0v) is 11.1. The smallest absolute Gasteiger partial charge is 0.266 e. The van der Waals surface area contributed by atoms with Crippen LogP contribution in [0.5, 0.6) is 0 Å². The molecule has 1 aromatic heterocycles. The van der Waals surface area contributed by atoms with E-state index in [4.69, 9.17) is 5.26 Å². The van der Waals surface area contributed by atoms with Gasteiger partial charge in [-0.25, -0.2) is 4.68 Å². The first-order chi connectivity index (χ1) is 9.10. The second-order valence-corrected chi connectivity index (χ2v) is 4.57. The van der Waals surface area contributed by atoms with Gasteiger partial charge in [-0.15, -0.1) is 0 Å². The number of aromatic nitrogens is 2. The molecule has 0 saturated carbocycles. The van der Waals surface area contributed by atoms with Crippen molar-refractivity contribution in [3.63, 3.8) is 0 Å². The monoisotopic (exact) mass is 253 g/mol. The predicted molar refractivity (Wildman–Crippen MR) is 72.8 cm³/mol. The molecule has 0 amide bonds. The van der Waals surface area contributed by atoms with E-state index in [1.807, 2.05) is 6.07 Å². The fraction of sp³-hybridized carbons (Fsp3) is 0.267. The molecule has 0 fully saturated rings. The zero-order valence-electron chi connectivity index (χ0n) is 11.1. The molecule has 0 unspecified atom stereocenters. The number of nitriles is 1. The van der Waals surface area contributed by atoms with Crippen molar-refractivity contribution in [3.8, 4) is 6.07 Å². The third-order valence-corrected chi connectivity index (χ3v) is 3.07. The van der Waals surface area contributed by atoms with Gasteiger partial charge in [0.15, 0.2) is 5.69 Å². The van der Waals surface area contributed by atoms with E-state index < -0.39 is 0 Å². The van der Waals surface area contributed by atoms with Gasteiger partial charge >= 0.3 is 0 Å². The van der Waals surface area contributed by atoms with Crippen molar-refractivity contribution in [1.82, 2.24) is 9.78 Å². The standard InChI is InChI=1S/C15H15N3O/c1-11-3-4-13(12(2)9-11)7-8-18-15(19)6-5-14(10-16)17-18/h3-6,9H,7-8H2,1-2H3. The van der Waals surface area contributed by atoms with Crippen LogP contribution in [-0.4, -0.2) is 9.78 Å². The molecule has 0 spiro atoms. The largest absolute Gasteiger partial charge is 0.268 e. The number of rotatable bonds is 3. The lowest BCUT2D eigenvalue weighted by Gasteiger charge is -2.08. The molecule has 4 heteroatoms. The van der Waals surface area contributed by atoms with Crippen molar-refractivity contribution >= 4 is 0 Å². The summed E-state index contributed by atoms with van der Waals surface area (Å²) in [5.41, 5.74) is 3.72. The van der Waals surface area contributed by atoms with E-state index >= 15 is 0 Å². The molecule has 0 aliphatic carbocycles. The third kappa shape index (κ3) is 3.08. The lowest BCUT2D eigenvalue weighted by Crippen LogP contribution is -2.23. The van der Waals surface area contributed by atoms with Crippen molar-refractivity contribution in [1.29, 1.82) is 5.26 Å². The average Bonchev–Trinajstić information content (AvgIpc) is 2.39. The number of nitrogens with zero attached hydrogens (tertiary/aromatic N) is 3. The van der Waals surface area contributed by atoms with Crippen LogP contribution in [0.2, 0.25) is 0 Å². The van der Waals surface area contributed by atoms with Crippen LogP contribution in [0, 0.1) is 25.2 Å². The Balaban J connectivity index is 2.19. The van der Waals surface area contributed by atoms with Crippen molar-refractivity contribution in [3.05, 3.63) is 63.1 Å². The van der Waals surface area contributed by atoms with Crippen LogP contribution in [0.25, 0.3) is 0 Å². The Hall–Kier alpha value is -2.41. The molecule has 0 atom stereocenters. The highest BCUT2D eigenvalue weighted by atomic mass is 16.1. The third-order valence-electron chi connectivity index (χ3n) is 3.07. The zero-order chi connectivity index (χ0) is 13.8. The number of benzene rings is 1. The number of hydrogen-bond acceptors (Lipinski definition) is 3. The minimum Gasteiger partial charge on any atom is -0.268 e. The van der Waals surface area contributed by atoms with E-state index in [1.165, 1.54) is 33.5 Å². The Morgan fingerprint density at radius 1 is 1.26 bits per heavy atom. The van der Waals surface area contributed by atoms with E-state index in [2.05, 4.69) is 37.1 Å². The maximum absolute atomic E-state index is 11.6. The van der Waals surface area contributed by atoms with Gasteiger partial charge in [0.05, 0.1) is 0 Å². The Kier molecular flexibility index (Phi) is 3.76. The van der Waals surface area contributed by atoms with E-state index in [9.17, 15) is 4.79 Å². The SMILES string of the molecule is Cc1ccc(CCn2nc(C#N)ccc2=O)c(C)c1. The van der Waals surface area contributed by atoms with Gasteiger partial charge in [-0.05, 0) is 37.5 Å². The second kappa shape index (κ2) is 5.49. The van der Waals surface area contributed by atoms with Gasteiger partial charge in [0.1, 0.15) is 6.07 Å². The normalized spacial score (nSPS) is 10.2. The number of aryl methyl sites for hydroxylation is 4. The summed E-state index contributed by atoms with van der Waals surface area (Å²) in [6.07, 6.45) is 0.730. The van der Waals surface area contributed by atoms with E-state index in [0.717, 1.165) is 6.42 Å². The van der Waals surface area contributed by atoms with Gasteiger partial charge < -0.3 is 0 Å². The molecule has 0 aliphatic heterocycles. The van der Waals surface area contributed by atoms with Crippen LogP contribution >= 0.6 is 0 Å². The minimum atomic E-state index is -0.177. The highest BCUT2D eigenvalue weighted by Crippen LogP contribution is 2.11. The summed E-state index contributed by atoms with van der Waals surface area (Å²) < 4.78 is 1.35. The van der Waals surface area contributed by atoms with Gasteiger partial charge in [0.25, 0.3) is 5.56 Å². The fourth-order valence-corrected chi connectivity index (χ4v) is 2.02. The van der Waals surface area contributed by atoms with Crippen LogP contribution < -0.4 is 5.56 Å². The fourth-order valence-electron chi connectivity index (χ4n) is 2.02. The van der Waals surface area contributed by atoms with Crippen LogP contribution in [-0.2, 0) is 13.0 Å². The molecule has 1 aromatic carbocycles. The van der Waals surface area contributed by atoms with Gasteiger partial charge in [0.2, 0.25) is 0 Å².